The van der Waals surface area contributed by atoms with Crippen LogP contribution in [0.25, 0.3) is 33.1 Å². The molecule has 6 N–H and O–H groups in total. The predicted octanol–water partition coefficient (Wildman–Crippen LogP) is 9.60. The number of hydrogen-bond acceptors (Lipinski definition) is 18. The van der Waals surface area contributed by atoms with Crippen LogP contribution in [0.4, 0.5) is 17.1 Å². The molecule has 11 aromatic rings. The quantitative estimate of drug-likeness (QED) is 0.0298. The second-order valence-electron chi connectivity index (χ2n) is 20.0. The number of benzene rings is 3. The summed E-state index contributed by atoms with van der Waals surface area (Å²) in [7, 11) is 1.88. The van der Waals surface area contributed by atoms with Gasteiger partial charge in [0.1, 0.15) is 34.1 Å². The number of thioether (sulfide) groups is 3. The Hall–Kier alpha value is -9.33. The highest BCUT2D eigenvalue weighted by Crippen LogP contribution is 2.69. The number of rotatable bonds is 16. The highest BCUT2D eigenvalue weighted by atomic mass is 32.2. The van der Waals surface area contributed by atoms with E-state index < -0.39 is 5.91 Å². The van der Waals surface area contributed by atoms with Crippen molar-refractivity contribution in [2.75, 3.05) is 16.0 Å². The maximum atomic E-state index is 12.9. The molecule has 1 spiro atoms. The third-order valence-corrected chi connectivity index (χ3v) is 17.8. The fraction of sp³-hybridized carbons (Fsp3) is 0.207. The maximum absolute atomic E-state index is 12.9. The Morgan fingerprint density at radius 2 is 1.18 bits per heavy atom. The summed E-state index contributed by atoms with van der Waals surface area (Å²) in [5, 5.41) is 34.7. The lowest BCUT2D eigenvalue weighted by atomic mass is 9.48. The van der Waals surface area contributed by atoms with Crippen LogP contribution in [-0.4, -0.2) is 87.8 Å². The predicted molar refractivity (Wildman–Crippen MR) is 316 cm³/mol. The Morgan fingerprint density at radius 1 is 0.651 bits per heavy atom. The Morgan fingerprint density at radius 3 is 1.67 bits per heavy atom. The van der Waals surface area contributed by atoms with Crippen molar-refractivity contribution in [3.8, 4) is 0 Å². The molecule has 8 heterocycles. The van der Waals surface area contributed by atoms with Crippen LogP contribution in [0.15, 0.2) is 178 Å². The average Bonchev–Trinajstić information content (AvgIpc) is 1.72. The van der Waals surface area contributed by atoms with E-state index in [0.717, 1.165) is 106 Å². The van der Waals surface area contributed by atoms with Gasteiger partial charge in [-0.2, -0.15) is 15.3 Å². The number of amides is 3. The molecule has 3 aliphatic carbocycles. The smallest absolute Gasteiger partial charge is 0.291 e. The number of aromatic amines is 3. The number of carbonyl (C=O) groups excluding carboxylic acids is 3. The van der Waals surface area contributed by atoms with E-state index in [-0.39, 0.29) is 35.3 Å². The second kappa shape index (κ2) is 24.4. The van der Waals surface area contributed by atoms with Crippen molar-refractivity contribution in [1.29, 1.82) is 0 Å². The van der Waals surface area contributed by atoms with Gasteiger partial charge in [-0.25, -0.2) is 34.9 Å². The van der Waals surface area contributed by atoms with Crippen LogP contribution in [0.2, 0.25) is 0 Å². The molecule has 0 bridgehead atoms. The largest absolute Gasteiger partial charge is 0.459 e. The van der Waals surface area contributed by atoms with E-state index in [4.69, 9.17) is 4.42 Å². The number of aryl methyl sites for hydroxylation is 1. The molecule has 3 aliphatic rings. The minimum absolute atomic E-state index is 0.0365. The Balaban J connectivity index is 0.000000123. The number of aromatic nitrogens is 14. The number of H-pyrrole nitrogens is 3. The number of hydrogen-bond donors (Lipinski definition) is 6. The highest BCUT2D eigenvalue weighted by Gasteiger charge is 2.64. The number of allylic oxidation sites excluding steroid dienone is 2. The van der Waals surface area contributed by atoms with Gasteiger partial charge in [-0.05, 0) is 89.6 Å². The van der Waals surface area contributed by atoms with E-state index >= 15 is 0 Å². The van der Waals surface area contributed by atoms with Crippen molar-refractivity contribution >= 4 is 103 Å². The molecule has 25 heteroatoms. The first-order valence-corrected chi connectivity index (χ1v) is 29.3. The van der Waals surface area contributed by atoms with Gasteiger partial charge in [0.15, 0.2) is 28.1 Å². The van der Waals surface area contributed by atoms with Gasteiger partial charge in [0.05, 0.1) is 59.5 Å². The van der Waals surface area contributed by atoms with Crippen molar-refractivity contribution in [3.05, 3.63) is 192 Å². The lowest BCUT2D eigenvalue weighted by Crippen LogP contribution is -2.53. The molecule has 0 radical (unpaired) electrons. The van der Waals surface area contributed by atoms with Crippen LogP contribution in [0.3, 0.4) is 0 Å². The zero-order valence-electron chi connectivity index (χ0n) is 44.3. The van der Waals surface area contributed by atoms with Crippen LogP contribution in [0, 0.1) is 23.2 Å². The molecular formula is C58H51N17O5S3. The van der Waals surface area contributed by atoms with E-state index in [1.807, 2.05) is 72.4 Å². The lowest BCUT2D eigenvalue weighted by Gasteiger charge is -2.55. The van der Waals surface area contributed by atoms with Gasteiger partial charge >= 0.3 is 0 Å². The first kappa shape index (κ1) is 54.3. The van der Waals surface area contributed by atoms with E-state index in [2.05, 4.69) is 106 Å². The van der Waals surface area contributed by atoms with Gasteiger partial charge in [-0.3, -0.25) is 34.5 Å². The molecule has 14 rings (SSSR count). The van der Waals surface area contributed by atoms with Crippen molar-refractivity contribution < 1.29 is 18.8 Å². The summed E-state index contributed by atoms with van der Waals surface area (Å²) in [5.41, 5.74) is 8.50. The van der Waals surface area contributed by atoms with Crippen molar-refractivity contribution in [3.63, 3.8) is 0 Å². The number of nitrogens with zero attached hydrogens (tertiary/aromatic N) is 11. The second-order valence-corrected chi connectivity index (χ2v) is 22.9. The van der Waals surface area contributed by atoms with E-state index in [9.17, 15) is 19.2 Å². The summed E-state index contributed by atoms with van der Waals surface area (Å²) in [6.45, 7) is 0. The third kappa shape index (κ3) is 12.5. The first-order valence-electron chi connectivity index (χ1n) is 26.3. The van der Waals surface area contributed by atoms with Crippen molar-refractivity contribution in [2.24, 2.45) is 30.2 Å². The molecule has 4 unspecified atom stereocenters. The molecule has 8 aromatic heterocycles. The molecule has 3 amide bonds. The lowest BCUT2D eigenvalue weighted by molar-refractivity contribution is -0.132. The number of imidazole rings is 1. The highest BCUT2D eigenvalue weighted by molar-refractivity contribution is 7.99. The fourth-order valence-electron chi connectivity index (χ4n) is 10.6. The molecule has 83 heavy (non-hydrogen) atoms. The third-order valence-electron chi connectivity index (χ3n) is 14.6. The molecule has 2 saturated carbocycles. The SMILES string of the molecule is Cn1cnc(CC(=O)Nc2cccc(CSc3ncnc4[nH]ncc34)c2)c1.O=C(Nc1cccc(CSc2ncnc3[nH]ncc23)c1)C1CC23C=CC2CCC13.O=C(Nc1cccc(CSc2ncnc3[nH]ncc23)c1)c1cc(=O)cco1. The Bertz CT molecular complexity index is 4250. The van der Waals surface area contributed by atoms with Gasteiger partial charge in [0.25, 0.3) is 5.91 Å². The Kier molecular flexibility index (Phi) is 16.0. The minimum atomic E-state index is -0.478. The molecule has 3 aromatic carbocycles. The maximum Gasteiger partial charge on any atom is 0.291 e. The topological polar surface area (TPSA) is 299 Å². The number of fused-ring (bicyclic) bond motifs is 3. The Labute approximate surface area is 485 Å². The monoisotopic (exact) mass is 1160 g/mol. The summed E-state index contributed by atoms with van der Waals surface area (Å²) in [4.78, 5) is 78.2. The van der Waals surface area contributed by atoms with E-state index in [1.165, 1.54) is 37.8 Å². The van der Waals surface area contributed by atoms with Crippen molar-refractivity contribution in [2.45, 2.75) is 58.0 Å². The van der Waals surface area contributed by atoms with Gasteiger partial charge in [-0.1, -0.05) is 48.6 Å². The molecule has 2 fully saturated rings. The van der Waals surface area contributed by atoms with E-state index in [0.29, 0.717) is 28.4 Å². The zero-order valence-corrected chi connectivity index (χ0v) is 46.8. The molecule has 0 aliphatic heterocycles. The fourth-order valence-corrected chi connectivity index (χ4v) is 13.3. The van der Waals surface area contributed by atoms with Crippen LogP contribution in [0.1, 0.15) is 52.2 Å². The zero-order chi connectivity index (χ0) is 56.7. The van der Waals surface area contributed by atoms with Gasteiger partial charge in [-0.15, -0.1) is 35.3 Å². The van der Waals surface area contributed by atoms with Gasteiger partial charge in [0, 0.05) is 65.6 Å². The average molecular weight is 1160 g/mol. The summed E-state index contributed by atoms with van der Waals surface area (Å²) in [6.07, 6.45) is 22.9. The molecule has 0 saturated heterocycles. The molecular weight excluding hydrogens is 1110 g/mol. The number of anilines is 3. The van der Waals surface area contributed by atoms with Crippen molar-refractivity contribution in [1.82, 2.24) is 70.0 Å². The summed E-state index contributed by atoms with van der Waals surface area (Å²) < 4.78 is 6.90. The normalized spacial score (nSPS) is 17.2. The summed E-state index contributed by atoms with van der Waals surface area (Å²) >= 11 is 4.80. The molecule has 416 valence electrons. The van der Waals surface area contributed by atoms with Crippen LogP contribution in [-0.2, 0) is 40.3 Å². The minimum Gasteiger partial charge on any atom is -0.459 e. The summed E-state index contributed by atoms with van der Waals surface area (Å²) in [6, 6.07) is 25.8. The van der Waals surface area contributed by atoms with Gasteiger partial charge in [0.2, 0.25) is 11.8 Å². The molecule has 4 atom stereocenters. The summed E-state index contributed by atoms with van der Waals surface area (Å²) in [5.74, 6) is 3.17. The van der Waals surface area contributed by atoms with Crippen LogP contribution >= 0.6 is 35.3 Å². The first-order chi connectivity index (χ1) is 40.6. The van der Waals surface area contributed by atoms with Crippen LogP contribution in [0.5, 0.6) is 0 Å². The van der Waals surface area contributed by atoms with Gasteiger partial charge < -0.3 is 24.9 Å². The van der Waals surface area contributed by atoms with Crippen LogP contribution < -0.4 is 21.4 Å². The number of nitrogens with one attached hydrogen (secondary N) is 6. The van der Waals surface area contributed by atoms with E-state index in [1.54, 1.807) is 72.6 Å². The number of carbonyl (C=O) groups is 3. The standard InChI is InChI=1S/C22H21N5OS.C18H17N7OS.C18H13N5O3S/c28-20(16-9-22-7-6-14(22)4-5-18(16)22)26-15-3-1-2-13(8-15)11-29-21-17-10-25-27-19(17)23-12-24-21;1-25-8-14(21-11-25)6-16(26)23-13-4-2-3-12(5-13)9-27-18-15-7-22-24-17(15)19-10-20-18;24-13-4-5-26-15(7-13)17(25)22-12-3-1-2-11(6-12)9-27-18-14-8-21-23-16(14)19-10-20-18/h1-3,6-8,10,12,14,16,18H,4-5,9,11H2,(H,26,28)(H,23,24,25,27);2-5,7-8,10-11H,6,9H2,1H3,(H,23,26)(H,19,20,22,24);1-8,10H,9H2,(H,22,25)(H,19,20,21,23). The molecule has 22 nitrogen and oxygen atoms in total.